The van der Waals surface area contributed by atoms with E-state index >= 15 is 0 Å². The van der Waals surface area contributed by atoms with Crippen molar-refractivity contribution in [3.05, 3.63) is 35.2 Å². The van der Waals surface area contributed by atoms with Gasteiger partial charge < -0.3 is 4.74 Å². The van der Waals surface area contributed by atoms with Gasteiger partial charge >= 0.3 is 5.97 Å². The summed E-state index contributed by atoms with van der Waals surface area (Å²) in [6, 6.07) is 3.98. The zero-order valence-corrected chi connectivity index (χ0v) is 9.93. The number of pyridine rings is 1. The molecule has 0 radical (unpaired) electrons. The highest BCUT2D eigenvalue weighted by atomic mass is 16.5. The molecule has 88 valence electrons. The Hall–Kier alpha value is -1.84. The van der Waals surface area contributed by atoms with Crippen LogP contribution in [0.25, 0.3) is 5.52 Å². The minimum absolute atomic E-state index is 0.328. The molecule has 2 aromatic rings. The highest BCUT2D eigenvalue weighted by Crippen LogP contribution is 2.41. The van der Waals surface area contributed by atoms with E-state index in [2.05, 4.69) is 18.1 Å². The molecule has 1 aliphatic carbocycles. The van der Waals surface area contributed by atoms with Gasteiger partial charge in [-0.3, -0.25) is 0 Å². The average Bonchev–Trinajstić information content (AvgIpc) is 3.07. The van der Waals surface area contributed by atoms with Gasteiger partial charge in [0, 0.05) is 11.6 Å². The van der Waals surface area contributed by atoms with Gasteiger partial charge in [0.25, 0.3) is 0 Å². The van der Waals surface area contributed by atoms with Gasteiger partial charge in [-0.15, -0.1) is 0 Å². The normalized spacial score (nSPS) is 15.2. The second-order valence-electron chi connectivity index (χ2n) is 4.52. The first-order valence-corrected chi connectivity index (χ1v) is 5.78. The van der Waals surface area contributed by atoms with E-state index in [1.54, 1.807) is 6.20 Å². The standard InChI is InChI=1S/C13H14N2O2/c1-8-3-6-11-10(13(16)17-2)7-14-15(11)12(8)9-4-5-9/h3,6-7,9H,4-5H2,1-2H3. The third-order valence-electron chi connectivity index (χ3n) is 3.30. The molecule has 1 aliphatic rings. The average molecular weight is 230 g/mol. The maximum atomic E-state index is 11.6. The summed E-state index contributed by atoms with van der Waals surface area (Å²) >= 11 is 0. The molecule has 0 aromatic carbocycles. The smallest absolute Gasteiger partial charge is 0.341 e. The van der Waals surface area contributed by atoms with E-state index in [1.165, 1.54) is 31.2 Å². The van der Waals surface area contributed by atoms with Crippen LogP contribution in [0.1, 0.15) is 40.4 Å². The molecule has 3 rings (SSSR count). The summed E-state index contributed by atoms with van der Waals surface area (Å²) in [5, 5.41) is 4.33. The Morgan fingerprint density at radius 1 is 1.47 bits per heavy atom. The third kappa shape index (κ3) is 1.52. The third-order valence-corrected chi connectivity index (χ3v) is 3.30. The number of rotatable bonds is 2. The van der Waals surface area contributed by atoms with Crippen LogP contribution in [0.2, 0.25) is 0 Å². The minimum atomic E-state index is -0.328. The van der Waals surface area contributed by atoms with E-state index < -0.39 is 0 Å². The molecule has 1 fully saturated rings. The van der Waals surface area contributed by atoms with E-state index in [0.717, 1.165) is 5.52 Å². The highest BCUT2D eigenvalue weighted by Gasteiger charge is 2.29. The number of fused-ring (bicyclic) bond motifs is 1. The van der Waals surface area contributed by atoms with Crippen molar-refractivity contribution < 1.29 is 9.53 Å². The Kier molecular flexibility index (Phi) is 2.18. The number of aromatic nitrogens is 2. The van der Waals surface area contributed by atoms with Crippen molar-refractivity contribution in [2.45, 2.75) is 25.7 Å². The molecule has 0 atom stereocenters. The predicted octanol–water partition coefficient (Wildman–Crippen LogP) is 2.31. The van der Waals surface area contributed by atoms with Crippen LogP contribution in [-0.4, -0.2) is 22.7 Å². The summed E-state index contributed by atoms with van der Waals surface area (Å²) in [6.07, 6.45) is 4.02. The predicted molar refractivity (Wildman–Crippen MR) is 63.2 cm³/mol. The van der Waals surface area contributed by atoms with Gasteiger partial charge in [-0.05, 0) is 31.4 Å². The fourth-order valence-corrected chi connectivity index (χ4v) is 2.29. The number of nitrogens with zero attached hydrogens (tertiary/aromatic N) is 2. The molecule has 0 saturated heterocycles. The molecule has 1 saturated carbocycles. The van der Waals surface area contributed by atoms with E-state index in [9.17, 15) is 4.79 Å². The van der Waals surface area contributed by atoms with E-state index in [1.807, 2.05) is 10.6 Å². The second-order valence-corrected chi connectivity index (χ2v) is 4.52. The maximum absolute atomic E-state index is 11.6. The summed E-state index contributed by atoms with van der Waals surface area (Å²) in [4.78, 5) is 11.6. The van der Waals surface area contributed by atoms with Crippen LogP contribution in [0.4, 0.5) is 0 Å². The van der Waals surface area contributed by atoms with Crippen LogP contribution < -0.4 is 0 Å². The molecule has 0 spiro atoms. The van der Waals surface area contributed by atoms with E-state index in [4.69, 9.17) is 4.74 Å². The highest BCUT2D eigenvalue weighted by molar-refractivity contribution is 5.96. The molecular weight excluding hydrogens is 216 g/mol. The summed E-state index contributed by atoms with van der Waals surface area (Å²) < 4.78 is 6.64. The van der Waals surface area contributed by atoms with Crippen LogP contribution in [-0.2, 0) is 4.74 Å². The molecule has 4 nitrogen and oxygen atoms in total. The molecule has 0 unspecified atom stereocenters. The lowest BCUT2D eigenvalue weighted by atomic mass is 10.1. The van der Waals surface area contributed by atoms with Gasteiger partial charge in [0.1, 0.15) is 5.56 Å². The SMILES string of the molecule is COC(=O)c1cnn2c(C3CC3)c(C)ccc12. The molecule has 4 heteroatoms. The van der Waals surface area contributed by atoms with Gasteiger partial charge in [0.2, 0.25) is 0 Å². The van der Waals surface area contributed by atoms with E-state index in [0.29, 0.717) is 11.5 Å². The molecule has 17 heavy (non-hydrogen) atoms. The van der Waals surface area contributed by atoms with Gasteiger partial charge in [-0.25, -0.2) is 9.31 Å². The zero-order valence-electron chi connectivity index (χ0n) is 9.93. The monoisotopic (exact) mass is 230 g/mol. The fraction of sp³-hybridized carbons (Fsp3) is 0.385. The van der Waals surface area contributed by atoms with Gasteiger partial charge in [-0.1, -0.05) is 6.07 Å². The number of esters is 1. The lowest BCUT2D eigenvalue weighted by molar-refractivity contribution is 0.0603. The van der Waals surface area contributed by atoms with Crippen molar-refractivity contribution in [3.63, 3.8) is 0 Å². The Morgan fingerprint density at radius 2 is 2.24 bits per heavy atom. The first-order chi connectivity index (χ1) is 8.22. The molecule has 0 amide bonds. The Bertz CT molecular complexity index is 597. The topological polar surface area (TPSA) is 43.6 Å². The number of methoxy groups -OCH3 is 1. The van der Waals surface area contributed by atoms with Crippen molar-refractivity contribution in [2.24, 2.45) is 0 Å². The molecule has 2 heterocycles. The molecule has 0 aliphatic heterocycles. The number of hydrogen-bond acceptors (Lipinski definition) is 3. The zero-order chi connectivity index (χ0) is 12.0. The van der Waals surface area contributed by atoms with Gasteiger partial charge in [-0.2, -0.15) is 5.10 Å². The van der Waals surface area contributed by atoms with Crippen LogP contribution in [0.5, 0.6) is 0 Å². The lowest BCUT2D eigenvalue weighted by Crippen LogP contribution is -2.03. The number of carbonyl (C=O) groups excluding carboxylic acids is 1. The number of ether oxygens (including phenoxy) is 1. The molecule has 2 aromatic heterocycles. The first kappa shape index (κ1) is 10.3. The second kappa shape index (κ2) is 3.58. The Labute approximate surface area is 99.2 Å². The number of aryl methyl sites for hydroxylation is 1. The maximum Gasteiger partial charge on any atom is 0.341 e. The van der Waals surface area contributed by atoms with Crippen LogP contribution >= 0.6 is 0 Å². The van der Waals surface area contributed by atoms with Crippen molar-refractivity contribution in [3.8, 4) is 0 Å². The van der Waals surface area contributed by atoms with Crippen molar-refractivity contribution in [2.75, 3.05) is 7.11 Å². The van der Waals surface area contributed by atoms with Crippen LogP contribution in [0, 0.1) is 6.92 Å². The molecule has 0 N–H and O–H groups in total. The van der Waals surface area contributed by atoms with Gasteiger partial charge in [0.15, 0.2) is 0 Å². The Balaban J connectivity index is 2.24. The van der Waals surface area contributed by atoms with Gasteiger partial charge in [0.05, 0.1) is 18.8 Å². The summed E-state index contributed by atoms with van der Waals surface area (Å²) in [6.45, 7) is 2.09. The van der Waals surface area contributed by atoms with Crippen molar-refractivity contribution in [1.82, 2.24) is 9.61 Å². The lowest BCUT2D eigenvalue weighted by Gasteiger charge is -2.07. The molecule has 0 bridgehead atoms. The van der Waals surface area contributed by atoms with Crippen molar-refractivity contribution in [1.29, 1.82) is 0 Å². The molecular formula is C13H14N2O2. The van der Waals surface area contributed by atoms with Crippen LogP contribution in [0.15, 0.2) is 18.3 Å². The number of hydrogen-bond donors (Lipinski definition) is 0. The summed E-state index contributed by atoms with van der Waals surface area (Å²) in [7, 11) is 1.39. The number of carbonyl (C=O) groups is 1. The largest absolute Gasteiger partial charge is 0.465 e. The fourth-order valence-electron chi connectivity index (χ4n) is 2.29. The first-order valence-electron chi connectivity index (χ1n) is 5.78. The van der Waals surface area contributed by atoms with E-state index in [-0.39, 0.29) is 5.97 Å². The minimum Gasteiger partial charge on any atom is -0.465 e. The quantitative estimate of drug-likeness (QED) is 0.743. The Morgan fingerprint density at radius 3 is 2.88 bits per heavy atom. The van der Waals surface area contributed by atoms with Crippen LogP contribution in [0.3, 0.4) is 0 Å². The summed E-state index contributed by atoms with van der Waals surface area (Å²) in [5.41, 5.74) is 3.84. The van der Waals surface area contributed by atoms with Crippen molar-refractivity contribution >= 4 is 11.5 Å². The summed E-state index contributed by atoms with van der Waals surface area (Å²) in [5.74, 6) is 0.273.